The predicted octanol–water partition coefficient (Wildman–Crippen LogP) is 3.55. The summed E-state index contributed by atoms with van der Waals surface area (Å²) in [4.78, 5) is 10.8. The van der Waals surface area contributed by atoms with Crippen molar-refractivity contribution in [2.24, 2.45) is 0 Å². The number of fused-ring (bicyclic) bond motifs is 2. The second-order valence-electron chi connectivity index (χ2n) is 7.12. The molecule has 1 N–H and O–H groups in total. The molecule has 0 atom stereocenters. The van der Waals surface area contributed by atoms with Crippen LogP contribution in [0.4, 0.5) is 14.5 Å². The van der Waals surface area contributed by atoms with Crippen LogP contribution in [0.2, 0.25) is 0 Å². The van der Waals surface area contributed by atoms with Gasteiger partial charge in [-0.25, -0.2) is 18.7 Å². The van der Waals surface area contributed by atoms with Crippen molar-refractivity contribution in [2.75, 3.05) is 31.1 Å². The van der Waals surface area contributed by atoms with Gasteiger partial charge in [0.25, 0.3) is 0 Å². The quantitative estimate of drug-likeness (QED) is 0.579. The van der Waals surface area contributed by atoms with Crippen LogP contribution >= 0.6 is 0 Å². The third kappa shape index (κ3) is 2.88. The van der Waals surface area contributed by atoms with Crippen molar-refractivity contribution in [1.29, 1.82) is 0 Å². The lowest BCUT2D eigenvalue weighted by atomic mass is 10.1. The Balaban J connectivity index is 1.59. The van der Waals surface area contributed by atoms with E-state index in [1.54, 1.807) is 22.9 Å². The summed E-state index contributed by atoms with van der Waals surface area (Å²) in [6.45, 7) is 5.28. The molecule has 0 saturated carbocycles. The van der Waals surface area contributed by atoms with Crippen molar-refractivity contribution in [3.63, 3.8) is 0 Å². The van der Waals surface area contributed by atoms with E-state index in [-0.39, 0.29) is 11.5 Å². The van der Waals surface area contributed by atoms with E-state index in [2.05, 4.69) is 20.2 Å². The maximum absolute atomic E-state index is 14.8. The zero-order valence-corrected chi connectivity index (χ0v) is 15.4. The van der Waals surface area contributed by atoms with Crippen molar-refractivity contribution >= 4 is 22.2 Å². The summed E-state index contributed by atoms with van der Waals surface area (Å²) in [5.74, 6) is -0.796. The highest BCUT2D eigenvalue weighted by Crippen LogP contribution is 2.28. The van der Waals surface area contributed by atoms with Gasteiger partial charge in [-0.3, -0.25) is 0 Å². The Bertz CT molecular complexity index is 1190. The minimum atomic E-state index is -0.429. The van der Waals surface area contributed by atoms with E-state index in [9.17, 15) is 8.78 Å². The number of piperazine rings is 1. The van der Waals surface area contributed by atoms with Crippen LogP contribution in [0.3, 0.4) is 0 Å². The molecule has 0 aliphatic carbocycles. The van der Waals surface area contributed by atoms with Crippen LogP contribution in [-0.2, 0) is 0 Å². The minimum Gasteiger partial charge on any atom is -0.369 e. The number of anilines is 1. The first kappa shape index (κ1) is 17.1. The molecular formula is C21H19F2N5. The lowest BCUT2D eigenvalue weighted by Crippen LogP contribution is -2.43. The Labute approximate surface area is 160 Å². The number of hydrogen-bond donors (Lipinski definition) is 1. The average molecular weight is 379 g/mol. The van der Waals surface area contributed by atoms with Gasteiger partial charge >= 0.3 is 0 Å². The Hall–Kier alpha value is -3.06. The number of aromatic nitrogens is 3. The molecule has 5 nitrogen and oxygen atoms in total. The number of pyridine rings is 2. The SMILES string of the molecule is Cc1cn2cc(-c3ccc4cc(N5CCNCC5)cc(F)c4n3)cc(F)c2n1. The number of rotatable bonds is 2. The van der Waals surface area contributed by atoms with Crippen molar-refractivity contribution in [2.45, 2.75) is 6.92 Å². The van der Waals surface area contributed by atoms with Gasteiger partial charge in [0.2, 0.25) is 0 Å². The van der Waals surface area contributed by atoms with Crippen LogP contribution in [0.15, 0.2) is 42.7 Å². The summed E-state index contributed by atoms with van der Waals surface area (Å²) < 4.78 is 30.9. The average Bonchev–Trinajstić information content (AvgIpc) is 3.09. The van der Waals surface area contributed by atoms with Crippen LogP contribution in [0.5, 0.6) is 0 Å². The third-order valence-electron chi connectivity index (χ3n) is 5.14. The molecule has 1 aromatic carbocycles. The molecule has 4 heterocycles. The number of nitrogens with one attached hydrogen (secondary N) is 1. The number of aryl methyl sites for hydroxylation is 1. The monoisotopic (exact) mass is 379 g/mol. The number of nitrogens with zero attached hydrogens (tertiary/aromatic N) is 4. The van der Waals surface area contributed by atoms with Gasteiger partial charge in [-0.1, -0.05) is 6.07 Å². The van der Waals surface area contributed by atoms with Gasteiger partial charge < -0.3 is 14.6 Å². The Morgan fingerprint density at radius 3 is 2.61 bits per heavy atom. The standard InChI is InChI=1S/C21H19F2N5/c1-13-11-28-12-15(9-18(23)21(28)25-13)19-3-2-14-8-16(10-17(22)20(14)26-19)27-6-4-24-5-7-27/h2-3,8-12,24H,4-7H2,1H3. The second kappa shape index (κ2) is 6.53. The lowest BCUT2D eigenvalue weighted by Gasteiger charge is -2.29. The van der Waals surface area contributed by atoms with E-state index in [0.29, 0.717) is 16.8 Å². The van der Waals surface area contributed by atoms with Crippen LogP contribution in [0, 0.1) is 18.6 Å². The van der Waals surface area contributed by atoms with E-state index < -0.39 is 5.82 Å². The first-order valence-corrected chi connectivity index (χ1v) is 9.30. The van der Waals surface area contributed by atoms with Crippen LogP contribution in [0.1, 0.15) is 5.69 Å². The molecule has 0 amide bonds. The number of hydrogen-bond acceptors (Lipinski definition) is 4. The van der Waals surface area contributed by atoms with E-state index in [1.165, 1.54) is 12.1 Å². The van der Waals surface area contributed by atoms with Crippen molar-refractivity contribution in [3.8, 4) is 11.3 Å². The molecule has 3 aromatic heterocycles. The Morgan fingerprint density at radius 2 is 1.79 bits per heavy atom. The minimum absolute atomic E-state index is 0.272. The Kier molecular flexibility index (Phi) is 3.98. The van der Waals surface area contributed by atoms with E-state index >= 15 is 0 Å². The molecule has 0 radical (unpaired) electrons. The molecular weight excluding hydrogens is 360 g/mol. The molecule has 0 bridgehead atoms. The summed E-state index contributed by atoms with van der Waals surface area (Å²) in [5, 5.41) is 4.03. The molecule has 7 heteroatoms. The van der Waals surface area contributed by atoms with Crippen molar-refractivity contribution in [1.82, 2.24) is 19.7 Å². The van der Waals surface area contributed by atoms with Gasteiger partial charge in [-0.2, -0.15) is 0 Å². The summed E-state index contributed by atoms with van der Waals surface area (Å²) in [5.41, 5.74) is 3.26. The Morgan fingerprint density at radius 1 is 0.964 bits per heavy atom. The number of benzene rings is 1. The fourth-order valence-corrected chi connectivity index (χ4v) is 3.76. The highest BCUT2D eigenvalue weighted by Gasteiger charge is 2.15. The summed E-state index contributed by atoms with van der Waals surface area (Å²) >= 11 is 0. The number of imidazole rings is 1. The van der Waals surface area contributed by atoms with E-state index in [1.807, 2.05) is 19.1 Å². The molecule has 1 aliphatic heterocycles. The molecule has 1 fully saturated rings. The molecule has 0 spiro atoms. The van der Waals surface area contributed by atoms with Crippen LogP contribution in [-0.4, -0.2) is 40.5 Å². The van der Waals surface area contributed by atoms with Crippen LogP contribution < -0.4 is 10.2 Å². The second-order valence-corrected chi connectivity index (χ2v) is 7.12. The zero-order chi connectivity index (χ0) is 19.3. The first-order chi connectivity index (χ1) is 13.6. The van der Waals surface area contributed by atoms with E-state index in [4.69, 9.17) is 0 Å². The van der Waals surface area contributed by atoms with Gasteiger partial charge in [-0.05, 0) is 31.2 Å². The van der Waals surface area contributed by atoms with Gasteiger partial charge in [0.1, 0.15) is 5.52 Å². The normalized spacial score (nSPS) is 14.9. The molecule has 0 unspecified atom stereocenters. The largest absolute Gasteiger partial charge is 0.369 e. The molecule has 4 aromatic rings. The topological polar surface area (TPSA) is 45.5 Å². The zero-order valence-electron chi connectivity index (χ0n) is 15.4. The molecule has 142 valence electrons. The highest BCUT2D eigenvalue weighted by atomic mass is 19.1. The van der Waals surface area contributed by atoms with Gasteiger partial charge in [0.05, 0.1) is 11.4 Å². The number of halogens is 2. The molecule has 28 heavy (non-hydrogen) atoms. The predicted molar refractivity (Wildman–Crippen MR) is 106 cm³/mol. The maximum Gasteiger partial charge on any atom is 0.173 e. The first-order valence-electron chi connectivity index (χ1n) is 9.30. The van der Waals surface area contributed by atoms with Crippen molar-refractivity contribution < 1.29 is 8.78 Å². The molecule has 1 saturated heterocycles. The van der Waals surface area contributed by atoms with Crippen LogP contribution in [0.25, 0.3) is 27.8 Å². The summed E-state index contributed by atoms with van der Waals surface area (Å²) in [6, 6.07) is 8.53. The van der Waals surface area contributed by atoms with Crippen molar-refractivity contribution in [3.05, 3.63) is 60.1 Å². The smallest absolute Gasteiger partial charge is 0.173 e. The fraction of sp³-hybridized carbons (Fsp3) is 0.238. The molecule has 5 rings (SSSR count). The summed E-state index contributed by atoms with van der Waals surface area (Å²) in [7, 11) is 0. The van der Waals surface area contributed by atoms with Gasteiger partial charge in [-0.15, -0.1) is 0 Å². The maximum atomic E-state index is 14.8. The van der Waals surface area contributed by atoms with Gasteiger partial charge in [0.15, 0.2) is 17.3 Å². The van der Waals surface area contributed by atoms with E-state index in [0.717, 1.165) is 42.9 Å². The molecule has 1 aliphatic rings. The summed E-state index contributed by atoms with van der Waals surface area (Å²) in [6.07, 6.45) is 3.52. The highest BCUT2D eigenvalue weighted by molar-refractivity contribution is 5.85. The fourth-order valence-electron chi connectivity index (χ4n) is 3.76. The third-order valence-corrected chi connectivity index (χ3v) is 5.14. The van der Waals surface area contributed by atoms with Gasteiger partial charge in [0, 0.05) is 55.2 Å². The lowest BCUT2D eigenvalue weighted by molar-refractivity contribution is 0.586.